The predicted molar refractivity (Wildman–Crippen MR) is 172 cm³/mol. The Morgan fingerprint density at radius 1 is 0.907 bits per heavy atom. The number of benzene rings is 3. The number of alkyl halides is 2. The molecule has 2 aliphatic rings. The molecule has 6 rings (SSSR count). The number of hydrogen-bond donors (Lipinski definition) is 0. The van der Waals surface area contributed by atoms with Gasteiger partial charge >= 0.3 is 5.97 Å². The van der Waals surface area contributed by atoms with Crippen LogP contribution in [0.15, 0.2) is 78.9 Å². The summed E-state index contributed by atoms with van der Waals surface area (Å²) < 4.78 is 5.62. The minimum atomic E-state index is -1.03. The number of halogens is 3. The van der Waals surface area contributed by atoms with Crippen LogP contribution in [0.5, 0.6) is 0 Å². The summed E-state index contributed by atoms with van der Waals surface area (Å²) in [5.74, 6) is -2.03. The molecule has 0 spiro atoms. The maximum absolute atomic E-state index is 13.4. The largest absolute Gasteiger partial charge is 0.451 e. The van der Waals surface area contributed by atoms with Crippen molar-refractivity contribution in [3.05, 3.63) is 95.0 Å². The maximum Gasteiger partial charge on any atom is 0.339 e. The van der Waals surface area contributed by atoms with Crippen LogP contribution in [0.4, 0.5) is 5.69 Å². The van der Waals surface area contributed by atoms with Gasteiger partial charge in [-0.3, -0.25) is 19.3 Å². The number of imide groups is 1. The number of esters is 1. The second kappa shape index (κ2) is 11.9. The number of amides is 2. The normalized spacial score (nSPS) is 22.4. The fourth-order valence-corrected chi connectivity index (χ4v) is 7.11. The molecule has 2 amide bonds. The Bertz CT molecular complexity index is 1730. The first-order chi connectivity index (χ1) is 20.6. The number of aromatic nitrogens is 1. The third-order valence-electron chi connectivity index (χ3n) is 8.05. The summed E-state index contributed by atoms with van der Waals surface area (Å²) in [5.41, 5.74) is 2.93. The minimum absolute atomic E-state index is 0.131. The molecule has 0 bridgehead atoms. The molecule has 2 heterocycles. The number of Topliss-reactive ketones (excluding diaryl/α,β-unsaturated/α-hetero) is 1. The topological polar surface area (TPSA) is 93.6 Å². The summed E-state index contributed by atoms with van der Waals surface area (Å²) in [5, 5.41) is 1.09. The number of fused-ring (bicyclic) bond motifs is 2. The highest BCUT2D eigenvalue weighted by atomic mass is 79.9. The monoisotopic (exact) mass is 722 g/mol. The molecule has 1 saturated carbocycles. The lowest BCUT2D eigenvalue weighted by Gasteiger charge is -2.29. The van der Waals surface area contributed by atoms with Crippen LogP contribution in [0.1, 0.15) is 40.5 Å². The van der Waals surface area contributed by atoms with E-state index in [0.29, 0.717) is 51.3 Å². The molecule has 10 heteroatoms. The van der Waals surface area contributed by atoms with Gasteiger partial charge in [0.2, 0.25) is 17.6 Å². The molecule has 4 aromatic rings. The molecule has 0 radical (unpaired) electrons. The van der Waals surface area contributed by atoms with Crippen molar-refractivity contribution in [2.45, 2.75) is 35.5 Å². The van der Waals surface area contributed by atoms with E-state index in [4.69, 9.17) is 21.3 Å². The predicted octanol–water partition coefficient (Wildman–Crippen LogP) is 7.41. The van der Waals surface area contributed by atoms with Crippen LogP contribution in [-0.2, 0) is 14.3 Å². The Kier molecular flexibility index (Phi) is 8.24. The molecule has 7 nitrogen and oxygen atoms in total. The number of para-hydroxylation sites is 1. The number of hydrogen-bond acceptors (Lipinski definition) is 6. The Hall–Kier alpha value is -3.40. The van der Waals surface area contributed by atoms with Gasteiger partial charge in [-0.15, -0.1) is 0 Å². The number of carbonyl (C=O) groups is 4. The second-order valence-corrected chi connectivity index (χ2v) is 13.6. The number of pyridine rings is 1. The molecule has 43 heavy (non-hydrogen) atoms. The zero-order valence-corrected chi connectivity index (χ0v) is 26.8. The number of carbonyl (C=O) groups excluding carboxylic acids is 4. The van der Waals surface area contributed by atoms with Gasteiger partial charge in [-0.2, -0.15) is 0 Å². The summed E-state index contributed by atoms with van der Waals surface area (Å²) in [6.07, 6.45) is 0.176. The Balaban J connectivity index is 1.27. The molecule has 1 aromatic heterocycles. The van der Waals surface area contributed by atoms with Crippen molar-refractivity contribution in [2.75, 3.05) is 4.90 Å². The van der Waals surface area contributed by atoms with E-state index in [-0.39, 0.29) is 44.7 Å². The van der Waals surface area contributed by atoms with Crippen LogP contribution < -0.4 is 4.90 Å². The SMILES string of the molecule is CC(OC(=O)c1cc(-c2ccc(N3C(=O)C4CC(Br)C(Br)CC4C3=O)cc2)nc2ccccc12)C(=O)c1ccc(Cl)cc1. The van der Waals surface area contributed by atoms with Crippen molar-refractivity contribution in [3.8, 4) is 11.3 Å². The summed E-state index contributed by atoms with van der Waals surface area (Å²) >= 11 is 13.2. The van der Waals surface area contributed by atoms with Gasteiger partial charge in [-0.1, -0.05) is 73.8 Å². The number of ketones is 1. The van der Waals surface area contributed by atoms with Crippen LogP contribution in [0.3, 0.4) is 0 Å². The molecular formula is C33H25Br2ClN2O5. The van der Waals surface area contributed by atoms with E-state index < -0.39 is 12.1 Å². The van der Waals surface area contributed by atoms with Gasteiger partial charge in [0.15, 0.2) is 6.10 Å². The van der Waals surface area contributed by atoms with E-state index in [9.17, 15) is 19.2 Å². The number of anilines is 1. The van der Waals surface area contributed by atoms with Crippen LogP contribution in [0.25, 0.3) is 22.2 Å². The maximum atomic E-state index is 13.4. The summed E-state index contributed by atoms with van der Waals surface area (Å²) in [7, 11) is 0. The molecule has 3 aromatic carbocycles. The highest BCUT2D eigenvalue weighted by Gasteiger charge is 2.52. The van der Waals surface area contributed by atoms with Crippen molar-refractivity contribution in [1.29, 1.82) is 0 Å². The molecule has 1 aliphatic carbocycles. The number of ether oxygens (including phenoxy) is 1. The lowest BCUT2D eigenvalue weighted by Crippen LogP contribution is -2.34. The molecular weight excluding hydrogens is 700 g/mol. The van der Waals surface area contributed by atoms with Crippen LogP contribution in [0, 0.1) is 11.8 Å². The Morgan fingerprint density at radius 2 is 1.51 bits per heavy atom. The van der Waals surface area contributed by atoms with Crippen LogP contribution >= 0.6 is 43.5 Å². The molecule has 218 valence electrons. The smallest absolute Gasteiger partial charge is 0.339 e. The summed E-state index contributed by atoms with van der Waals surface area (Å²) in [4.78, 5) is 59.1. The average Bonchev–Trinajstić information content (AvgIpc) is 3.24. The van der Waals surface area contributed by atoms with Gasteiger partial charge in [-0.05, 0) is 68.3 Å². The van der Waals surface area contributed by atoms with Gasteiger partial charge in [0, 0.05) is 31.2 Å². The van der Waals surface area contributed by atoms with E-state index in [1.807, 2.05) is 6.07 Å². The van der Waals surface area contributed by atoms with Gasteiger partial charge in [-0.25, -0.2) is 9.78 Å². The molecule has 5 unspecified atom stereocenters. The van der Waals surface area contributed by atoms with E-state index in [1.165, 1.54) is 11.8 Å². The lowest BCUT2D eigenvalue weighted by molar-refractivity contribution is -0.122. The van der Waals surface area contributed by atoms with Gasteiger partial charge in [0.05, 0.1) is 34.3 Å². The minimum Gasteiger partial charge on any atom is -0.451 e. The zero-order valence-electron chi connectivity index (χ0n) is 22.9. The fourth-order valence-electron chi connectivity index (χ4n) is 5.75. The third kappa shape index (κ3) is 5.66. The van der Waals surface area contributed by atoms with Crippen molar-refractivity contribution in [1.82, 2.24) is 4.98 Å². The molecule has 1 aliphatic heterocycles. The van der Waals surface area contributed by atoms with Crippen molar-refractivity contribution in [2.24, 2.45) is 11.8 Å². The standard InChI is InChI=1S/C33H25Br2ClN2O5/c1-17(30(39)19-6-10-20(36)11-7-19)43-33(42)25-16-29(37-28-5-3-2-4-22(25)28)18-8-12-21(13-9-18)38-31(40)23-14-26(34)27(35)15-24(23)32(38)41/h2-13,16-17,23-24,26-27H,14-15H2,1H3. The number of rotatable bonds is 6. The van der Waals surface area contributed by atoms with E-state index in [0.717, 1.165) is 0 Å². The van der Waals surface area contributed by atoms with Crippen molar-refractivity contribution >= 4 is 83.6 Å². The average molecular weight is 725 g/mol. The van der Waals surface area contributed by atoms with Crippen LogP contribution in [-0.4, -0.2) is 44.3 Å². The van der Waals surface area contributed by atoms with Gasteiger partial charge < -0.3 is 4.74 Å². The third-order valence-corrected chi connectivity index (χ3v) is 11.0. The summed E-state index contributed by atoms with van der Waals surface area (Å²) in [6, 6.07) is 22.2. The highest BCUT2D eigenvalue weighted by Crippen LogP contribution is 2.44. The molecule has 1 saturated heterocycles. The van der Waals surface area contributed by atoms with Gasteiger partial charge in [0.1, 0.15) is 0 Å². The van der Waals surface area contributed by atoms with E-state index in [1.54, 1.807) is 72.8 Å². The molecule has 5 atom stereocenters. The first kappa shape index (κ1) is 29.7. The molecule has 2 fully saturated rings. The Labute approximate surface area is 269 Å². The van der Waals surface area contributed by atoms with E-state index in [2.05, 4.69) is 31.9 Å². The fraction of sp³-hybridized carbons (Fsp3) is 0.242. The Morgan fingerprint density at radius 3 is 2.14 bits per heavy atom. The van der Waals surface area contributed by atoms with E-state index >= 15 is 0 Å². The van der Waals surface area contributed by atoms with Crippen molar-refractivity contribution < 1.29 is 23.9 Å². The highest BCUT2D eigenvalue weighted by molar-refractivity contribution is 9.12. The van der Waals surface area contributed by atoms with Gasteiger partial charge in [0.25, 0.3) is 0 Å². The number of nitrogens with zero attached hydrogens (tertiary/aromatic N) is 2. The zero-order chi connectivity index (χ0) is 30.4. The molecule has 0 N–H and O–H groups in total. The second-order valence-electron chi connectivity index (χ2n) is 10.8. The van der Waals surface area contributed by atoms with Crippen molar-refractivity contribution in [3.63, 3.8) is 0 Å². The first-order valence-electron chi connectivity index (χ1n) is 13.8. The quantitative estimate of drug-likeness (QED) is 0.0891. The summed E-state index contributed by atoms with van der Waals surface area (Å²) in [6.45, 7) is 1.53. The van der Waals surface area contributed by atoms with Crippen LogP contribution in [0.2, 0.25) is 5.02 Å². The lowest BCUT2D eigenvalue weighted by atomic mass is 9.81. The first-order valence-corrected chi connectivity index (χ1v) is 16.0.